The summed E-state index contributed by atoms with van der Waals surface area (Å²) >= 11 is 1.69. The van der Waals surface area contributed by atoms with Gasteiger partial charge in [0.1, 0.15) is 5.75 Å². The van der Waals surface area contributed by atoms with Crippen molar-refractivity contribution in [2.75, 3.05) is 5.75 Å². The molecule has 0 heterocycles. The Morgan fingerprint density at radius 2 is 1.48 bits per heavy atom. The van der Waals surface area contributed by atoms with Crippen LogP contribution in [0.4, 0.5) is 0 Å². The molecule has 2 aromatic carbocycles. The van der Waals surface area contributed by atoms with Gasteiger partial charge in [-0.15, -0.1) is 11.8 Å². The van der Waals surface area contributed by atoms with Gasteiger partial charge in [0.25, 0.3) is 0 Å². The molecule has 2 rings (SSSR count). The fourth-order valence-corrected chi connectivity index (χ4v) is 4.49. The number of hydrogen-bond donors (Lipinski definition) is 1. The highest BCUT2D eigenvalue weighted by molar-refractivity contribution is 7.99. The van der Waals surface area contributed by atoms with E-state index in [1.165, 1.54) is 0 Å². The van der Waals surface area contributed by atoms with Gasteiger partial charge >= 0.3 is 0 Å². The largest absolute Gasteiger partial charge is 0.507 e. The molecule has 0 atom stereocenters. The normalized spacial score (nSPS) is 12.3. The molecule has 1 N–H and O–H groups in total. The molecule has 3 nitrogen and oxygen atoms in total. The van der Waals surface area contributed by atoms with Gasteiger partial charge in [0, 0.05) is 40.8 Å². The number of phenolic OH excluding ortho intramolecular Hbond substituents is 1. The molecular formula is C27H39NO2S. The van der Waals surface area contributed by atoms with Crippen LogP contribution in [0.3, 0.4) is 0 Å². The molecule has 0 saturated carbocycles. The van der Waals surface area contributed by atoms with Crippen LogP contribution in [0.2, 0.25) is 0 Å². The minimum atomic E-state index is -0.152. The minimum Gasteiger partial charge on any atom is -0.507 e. The van der Waals surface area contributed by atoms with Crippen molar-refractivity contribution in [3.8, 4) is 5.75 Å². The van der Waals surface area contributed by atoms with E-state index in [0.717, 1.165) is 27.3 Å². The number of carbonyl (C=O) groups excluding carboxylic acids is 1. The number of phenols is 1. The molecule has 0 saturated heterocycles. The number of aromatic hydroxyl groups is 1. The molecule has 0 fully saturated rings. The number of carbonyl (C=O) groups is 1. The molecule has 0 aromatic heterocycles. The topological polar surface area (TPSA) is 40.5 Å². The Bertz CT molecular complexity index is 841. The SMILES string of the molecule is CC(C)N(Cc1ccccc1)C(=O)CCSc1cc(C(C)(C)C)c(O)c(C(C)(C)C)c1. The predicted octanol–water partition coefficient (Wildman–Crippen LogP) is 6.91. The Morgan fingerprint density at radius 3 is 1.94 bits per heavy atom. The summed E-state index contributed by atoms with van der Waals surface area (Å²) in [5.74, 6) is 1.29. The van der Waals surface area contributed by atoms with E-state index in [0.29, 0.717) is 18.7 Å². The Hall–Kier alpha value is -1.94. The zero-order valence-electron chi connectivity index (χ0n) is 20.5. The zero-order chi connectivity index (χ0) is 23.4. The van der Waals surface area contributed by atoms with Gasteiger partial charge < -0.3 is 10.0 Å². The molecule has 31 heavy (non-hydrogen) atoms. The Balaban J connectivity index is 2.14. The number of rotatable bonds is 7. The van der Waals surface area contributed by atoms with E-state index >= 15 is 0 Å². The first-order valence-corrected chi connectivity index (χ1v) is 12.1. The highest BCUT2D eigenvalue weighted by atomic mass is 32.2. The average molecular weight is 442 g/mol. The third-order valence-electron chi connectivity index (χ3n) is 5.42. The first-order chi connectivity index (χ1) is 14.3. The Kier molecular flexibility index (Phi) is 8.27. The van der Waals surface area contributed by atoms with Crippen LogP contribution in [-0.2, 0) is 22.2 Å². The Morgan fingerprint density at radius 1 is 0.968 bits per heavy atom. The van der Waals surface area contributed by atoms with E-state index in [2.05, 4.69) is 79.7 Å². The van der Waals surface area contributed by atoms with Crippen LogP contribution in [-0.4, -0.2) is 27.7 Å². The van der Waals surface area contributed by atoms with Gasteiger partial charge in [0.2, 0.25) is 5.91 Å². The monoisotopic (exact) mass is 441 g/mol. The maximum atomic E-state index is 13.0. The minimum absolute atomic E-state index is 0.152. The third-order valence-corrected chi connectivity index (χ3v) is 6.40. The van der Waals surface area contributed by atoms with Gasteiger partial charge in [-0.05, 0) is 42.4 Å². The van der Waals surface area contributed by atoms with Gasteiger partial charge in [-0.2, -0.15) is 0 Å². The lowest BCUT2D eigenvalue weighted by Gasteiger charge is -2.28. The number of hydrogen-bond acceptors (Lipinski definition) is 3. The second-order valence-corrected chi connectivity index (χ2v) is 11.7. The number of amides is 1. The van der Waals surface area contributed by atoms with Crippen LogP contribution in [0, 0.1) is 0 Å². The standard InChI is InChI=1S/C27H39NO2S/c1-19(2)28(18-20-12-10-9-11-13-20)24(29)14-15-31-21-16-22(26(3,4)5)25(30)23(17-21)27(6,7)8/h9-13,16-17,19,30H,14-15,18H2,1-8H3. The summed E-state index contributed by atoms with van der Waals surface area (Å²) in [6, 6.07) is 14.5. The second-order valence-electron chi connectivity index (χ2n) is 10.6. The second kappa shape index (κ2) is 10.1. The summed E-state index contributed by atoms with van der Waals surface area (Å²) in [5.41, 5.74) is 2.77. The smallest absolute Gasteiger partial charge is 0.223 e. The summed E-state index contributed by atoms with van der Waals surface area (Å²) in [6.07, 6.45) is 0.492. The highest BCUT2D eigenvalue weighted by Crippen LogP contribution is 2.41. The molecule has 1 amide bonds. The summed E-state index contributed by atoms with van der Waals surface area (Å²) in [7, 11) is 0. The molecule has 2 aromatic rings. The lowest BCUT2D eigenvalue weighted by atomic mass is 9.79. The van der Waals surface area contributed by atoms with Crippen molar-refractivity contribution in [1.82, 2.24) is 4.90 Å². The van der Waals surface area contributed by atoms with Crippen LogP contribution < -0.4 is 0 Å². The van der Waals surface area contributed by atoms with Crippen molar-refractivity contribution in [3.63, 3.8) is 0 Å². The van der Waals surface area contributed by atoms with E-state index < -0.39 is 0 Å². The van der Waals surface area contributed by atoms with Gasteiger partial charge in [-0.1, -0.05) is 71.9 Å². The molecule has 0 aliphatic rings. The summed E-state index contributed by atoms with van der Waals surface area (Å²) in [4.78, 5) is 16.0. The van der Waals surface area contributed by atoms with Crippen molar-refractivity contribution in [2.24, 2.45) is 0 Å². The zero-order valence-corrected chi connectivity index (χ0v) is 21.3. The van der Waals surface area contributed by atoms with Crippen molar-refractivity contribution in [3.05, 3.63) is 59.2 Å². The van der Waals surface area contributed by atoms with E-state index in [4.69, 9.17) is 0 Å². The van der Waals surface area contributed by atoms with E-state index in [1.807, 2.05) is 23.1 Å². The molecule has 0 aliphatic carbocycles. The summed E-state index contributed by atoms with van der Waals surface area (Å²) < 4.78 is 0. The van der Waals surface area contributed by atoms with E-state index in [1.54, 1.807) is 11.8 Å². The number of benzene rings is 2. The molecule has 0 unspecified atom stereocenters. The highest BCUT2D eigenvalue weighted by Gasteiger charge is 2.26. The summed E-state index contributed by atoms with van der Waals surface area (Å²) in [6.45, 7) is 17.5. The maximum absolute atomic E-state index is 13.0. The molecule has 0 spiro atoms. The van der Waals surface area contributed by atoms with Gasteiger partial charge in [-0.3, -0.25) is 4.79 Å². The number of thioether (sulfide) groups is 1. The molecule has 0 aliphatic heterocycles. The molecule has 0 bridgehead atoms. The molecule has 0 radical (unpaired) electrons. The van der Waals surface area contributed by atoms with E-state index in [-0.39, 0.29) is 22.8 Å². The van der Waals surface area contributed by atoms with Gasteiger partial charge in [0.05, 0.1) is 0 Å². The predicted molar refractivity (Wildman–Crippen MR) is 133 cm³/mol. The van der Waals surface area contributed by atoms with E-state index in [9.17, 15) is 9.90 Å². The quantitative estimate of drug-likeness (QED) is 0.475. The van der Waals surface area contributed by atoms with Crippen molar-refractivity contribution in [1.29, 1.82) is 0 Å². The molecule has 170 valence electrons. The average Bonchev–Trinajstić information content (AvgIpc) is 2.65. The van der Waals surface area contributed by atoms with Crippen molar-refractivity contribution in [2.45, 2.75) is 90.1 Å². The molecule has 4 heteroatoms. The summed E-state index contributed by atoms with van der Waals surface area (Å²) in [5, 5.41) is 10.9. The van der Waals surface area contributed by atoms with Crippen LogP contribution in [0.25, 0.3) is 0 Å². The van der Waals surface area contributed by atoms with Crippen molar-refractivity contribution < 1.29 is 9.90 Å². The molecular weight excluding hydrogens is 402 g/mol. The fourth-order valence-electron chi connectivity index (χ4n) is 3.57. The lowest BCUT2D eigenvalue weighted by molar-refractivity contribution is -0.133. The van der Waals surface area contributed by atoms with Gasteiger partial charge in [0.15, 0.2) is 0 Å². The lowest BCUT2D eigenvalue weighted by Crippen LogP contribution is -2.36. The van der Waals surface area contributed by atoms with Crippen LogP contribution in [0.5, 0.6) is 5.75 Å². The Labute approximate surface area is 193 Å². The third kappa shape index (κ3) is 7.03. The fraction of sp³-hybridized carbons (Fsp3) is 0.519. The first kappa shape index (κ1) is 25.3. The van der Waals surface area contributed by atoms with Crippen LogP contribution in [0.15, 0.2) is 47.4 Å². The van der Waals surface area contributed by atoms with Crippen molar-refractivity contribution >= 4 is 17.7 Å². The number of nitrogens with zero attached hydrogens (tertiary/aromatic N) is 1. The maximum Gasteiger partial charge on any atom is 0.223 e. The van der Waals surface area contributed by atoms with Gasteiger partial charge in [-0.25, -0.2) is 0 Å². The first-order valence-electron chi connectivity index (χ1n) is 11.1. The van der Waals surface area contributed by atoms with Crippen LogP contribution in [0.1, 0.15) is 78.5 Å². The van der Waals surface area contributed by atoms with Crippen LogP contribution >= 0.6 is 11.8 Å².